The molecule has 0 fully saturated rings. The Hall–Kier alpha value is -2.05. The number of hydrogen-bond acceptors (Lipinski definition) is 5. The van der Waals surface area contributed by atoms with Gasteiger partial charge in [0.2, 0.25) is 0 Å². The van der Waals surface area contributed by atoms with Gasteiger partial charge < -0.3 is 9.64 Å². The molecule has 0 atom stereocenters. The average Bonchev–Trinajstić information content (AvgIpc) is 3.12. The second kappa shape index (κ2) is 6.59. The van der Waals surface area contributed by atoms with Crippen LogP contribution in [0.5, 0.6) is 0 Å². The van der Waals surface area contributed by atoms with Crippen molar-refractivity contribution < 1.29 is 9.53 Å². The third kappa shape index (κ3) is 3.57. The summed E-state index contributed by atoms with van der Waals surface area (Å²) in [6.07, 6.45) is 1.62. The number of hydrogen-bond donors (Lipinski definition) is 0. The minimum atomic E-state index is -0.451. The lowest BCUT2D eigenvalue weighted by Crippen LogP contribution is -2.37. The van der Waals surface area contributed by atoms with Gasteiger partial charge in [0, 0.05) is 42.7 Å². The van der Waals surface area contributed by atoms with E-state index in [-0.39, 0.29) is 6.09 Å². The van der Waals surface area contributed by atoms with Crippen molar-refractivity contribution >= 4 is 28.9 Å². The first-order chi connectivity index (χ1) is 12.4. The Morgan fingerprint density at radius 3 is 2.46 bits per heavy atom. The van der Waals surface area contributed by atoms with Gasteiger partial charge in [-0.3, -0.25) is 4.98 Å². The number of nitrogens with zero attached hydrogens (tertiary/aromatic N) is 3. The third-order valence-corrected chi connectivity index (χ3v) is 5.52. The van der Waals surface area contributed by atoms with Crippen LogP contribution in [0, 0.1) is 0 Å². The van der Waals surface area contributed by atoms with E-state index >= 15 is 0 Å². The van der Waals surface area contributed by atoms with Crippen LogP contribution in [0.4, 0.5) is 4.79 Å². The summed E-state index contributed by atoms with van der Waals surface area (Å²) < 4.78 is 7.84. The van der Waals surface area contributed by atoms with Crippen LogP contribution >= 0.6 is 11.9 Å². The predicted molar refractivity (Wildman–Crippen MR) is 104 cm³/mol. The number of pyridine rings is 1. The molecule has 0 saturated heterocycles. The molecule has 1 aromatic carbocycles. The van der Waals surface area contributed by atoms with Crippen molar-refractivity contribution in [3.63, 3.8) is 0 Å². The number of para-hydroxylation sites is 1. The fourth-order valence-electron chi connectivity index (χ4n) is 3.35. The summed E-state index contributed by atoms with van der Waals surface area (Å²) in [5, 5.41) is 1.16. The molecule has 2 aromatic rings. The van der Waals surface area contributed by atoms with E-state index in [2.05, 4.69) is 33.6 Å². The minimum Gasteiger partial charge on any atom is -0.444 e. The van der Waals surface area contributed by atoms with Crippen molar-refractivity contribution in [2.45, 2.75) is 31.3 Å². The summed E-state index contributed by atoms with van der Waals surface area (Å²) in [4.78, 5) is 19.8. The van der Waals surface area contributed by atoms with E-state index in [0.29, 0.717) is 13.1 Å². The molecule has 0 N–H and O–H groups in total. The summed E-state index contributed by atoms with van der Waals surface area (Å²) >= 11 is 1.75. The Bertz CT molecular complexity index is 865. The molecule has 0 saturated carbocycles. The zero-order chi connectivity index (χ0) is 18.3. The van der Waals surface area contributed by atoms with E-state index in [1.165, 1.54) is 16.0 Å². The molecule has 0 bridgehead atoms. The largest absolute Gasteiger partial charge is 0.444 e. The van der Waals surface area contributed by atoms with Crippen LogP contribution in [-0.4, -0.2) is 52.1 Å². The third-order valence-electron chi connectivity index (χ3n) is 4.47. The quantitative estimate of drug-likeness (QED) is 0.589. The second-order valence-electron chi connectivity index (χ2n) is 7.76. The van der Waals surface area contributed by atoms with E-state index in [1.54, 1.807) is 16.8 Å². The van der Waals surface area contributed by atoms with Crippen LogP contribution in [0.25, 0.3) is 10.9 Å². The van der Waals surface area contributed by atoms with Gasteiger partial charge in [-0.1, -0.05) is 18.2 Å². The summed E-state index contributed by atoms with van der Waals surface area (Å²) in [6, 6.07) is 10.3. The van der Waals surface area contributed by atoms with Crippen molar-refractivity contribution in [2.75, 3.05) is 26.2 Å². The van der Waals surface area contributed by atoms with Gasteiger partial charge in [-0.25, -0.2) is 9.10 Å². The Labute approximate surface area is 158 Å². The van der Waals surface area contributed by atoms with E-state index in [9.17, 15) is 4.79 Å². The number of benzene rings is 1. The highest BCUT2D eigenvalue weighted by atomic mass is 32.2. The van der Waals surface area contributed by atoms with Crippen molar-refractivity contribution in [3.05, 3.63) is 47.7 Å². The molecule has 6 heteroatoms. The normalized spacial score (nSPS) is 17.9. The maximum atomic E-state index is 12.3. The molecule has 1 amide bonds. The number of rotatable bonds is 2. The summed E-state index contributed by atoms with van der Waals surface area (Å²) in [7, 11) is 0. The molecule has 2 aliphatic heterocycles. The number of carbonyl (C=O) groups is 1. The van der Waals surface area contributed by atoms with Crippen molar-refractivity contribution in [3.8, 4) is 0 Å². The van der Waals surface area contributed by atoms with Gasteiger partial charge in [-0.05, 0) is 56.0 Å². The number of amides is 1. The number of fused-ring (bicyclic) bond motifs is 1. The van der Waals surface area contributed by atoms with Crippen LogP contribution in [-0.2, 0) is 4.74 Å². The summed E-state index contributed by atoms with van der Waals surface area (Å²) in [5.41, 5.74) is 3.28. The molecule has 26 heavy (non-hydrogen) atoms. The molecule has 1 aromatic heterocycles. The molecule has 2 aliphatic rings. The summed E-state index contributed by atoms with van der Waals surface area (Å²) in [6.45, 7) is 8.81. The first-order valence-electron chi connectivity index (χ1n) is 8.83. The van der Waals surface area contributed by atoms with Gasteiger partial charge in [0.25, 0.3) is 0 Å². The topological polar surface area (TPSA) is 45.7 Å². The molecule has 0 aliphatic carbocycles. The SMILES string of the molecule is CC(C)(C)OC(=O)N1CC2=C(CN(Sc3cccc4cccnc34)C2)C1. The Balaban J connectivity index is 1.39. The second-order valence-corrected chi connectivity index (χ2v) is 8.90. The summed E-state index contributed by atoms with van der Waals surface area (Å²) in [5.74, 6) is 0. The molecular weight excluding hydrogens is 346 g/mol. The van der Waals surface area contributed by atoms with Crippen molar-refractivity contribution in [2.24, 2.45) is 0 Å². The fraction of sp³-hybridized carbons (Fsp3) is 0.400. The van der Waals surface area contributed by atoms with Crippen LogP contribution < -0.4 is 0 Å². The van der Waals surface area contributed by atoms with Gasteiger partial charge in [-0.15, -0.1) is 0 Å². The highest BCUT2D eigenvalue weighted by Crippen LogP contribution is 2.35. The van der Waals surface area contributed by atoms with Crippen LogP contribution in [0.15, 0.2) is 52.6 Å². The highest BCUT2D eigenvalue weighted by molar-refractivity contribution is 7.97. The molecule has 0 spiro atoms. The van der Waals surface area contributed by atoms with Crippen LogP contribution in [0.2, 0.25) is 0 Å². The van der Waals surface area contributed by atoms with E-state index in [4.69, 9.17) is 4.74 Å². The van der Waals surface area contributed by atoms with Crippen LogP contribution in [0.1, 0.15) is 20.8 Å². The number of ether oxygens (including phenoxy) is 1. The lowest BCUT2D eigenvalue weighted by Gasteiger charge is -2.26. The molecule has 0 unspecified atom stereocenters. The van der Waals surface area contributed by atoms with Crippen molar-refractivity contribution in [1.29, 1.82) is 0 Å². The van der Waals surface area contributed by atoms with Gasteiger partial charge in [0.1, 0.15) is 5.60 Å². The Morgan fingerprint density at radius 1 is 1.08 bits per heavy atom. The van der Waals surface area contributed by atoms with Gasteiger partial charge in [0.05, 0.1) is 5.52 Å². The standard InChI is InChI=1S/C20H23N3O2S/c1-20(2,3)25-19(24)22-10-15-12-23(13-16(15)11-22)26-17-8-4-6-14-7-5-9-21-18(14)17/h4-9H,10-13H2,1-3H3. The average molecular weight is 369 g/mol. The predicted octanol–water partition coefficient (Wildman–Crippen LogP) is 4.10. The molecule has 4 rings (SSSR count). The zero-order valence-corrected chi connectivity index (χ0v) is 16.2. The van der Waals surface area contributed by atoms with Gasteiger partial charge in [0.15, 0.2) is 0 Å². The smallest absolute Gasteiger partial charge is 0.410 e. The molecule has 5 nitrogen and oxygen atoms in total. The molecule has 136 valence electrons. The number of aromatic nitrogens is 1. The minimum absolute atomic E-state index is 0.218. The lowest BCUT2D eigenvalue weighted by molar-refractivity contribution is 0.0295. The van der Waals surface area contributed by atoms with Crippen molar-refractivity contribution in [1.82, 2.24) is 14.2 Å². The first-order valence-corrected chi connectivity index (χ1v) is 9.61. The maximum Gasteiger partial charge on any atom is 0.410 e. The molecule has 3 heterocycles. The molecular formula is C20H23N3O2S. The highest BCUT2D eigenvalue weighted by Gasteiger charge is 2.34. The number of carbonyl (C=O) groups excluding carboxylic acids is 1. The van der Waals surface area contributed by atoms with Crippen LogP contribution in [0.3, 0.4) is 0 Å². The lowest BCUT2D eigenvalue weighted by atomic mass is 10.2. The fourth-order valence-corrected chi connectivity index (χ4v) is 4.47. The zero-order valence-electron chi connectivity index (χ0n) is 15.4. The van der Waals surface area contributed by atoms with Gasteiger partial charge in [-0.2, -0.15) is 0 Å². The van der Waals surface area contributed by atoms with E-state index in [1.807, 2.05) is 33.0 Å². The Morgan fingerprint density at radius 2 is 1.77 bits per heavy atom. The maximum absolute atomic E-state index is 12.3. The Kier molecular flexibility index (Phi) is 4.40. The van der Waals surface area contributed by atoms with E-state index < -0.39 is 5.60 Å². The van der Waals surface area contributed by atoms with Gasteiger partial charge >= 0.3 is 6.09 Å². The molecule has 0 radical (unpaired) electrons. The van der Waals surface area contributed by atoms with E-state index in [0.717, 1.165) is 24.0 Å². The first kappa shape index (κ1) is 17.4. The monoisotopic (exact) mass is 369 g/mol.